The van der Waals surface area contributed by atoms with Crippen molar-refractivity contribution in [3.05, 3.63) is 35.9 Å². The Morgan fingerprint density at radius 3 is 3.00 bits per heavy atom. The van der Waals surface area contributed by atoms with Gasteiger partial charge in [0.25, 0.3) is 0 Å². The fraction of sp³-hybridized carbons (Fsp3) is 0. The summed E-state index contributed by atoms with van der Waals surface area (Å²) in [5.41, 5.74) is 0.383. The second-order valence-electron chi connectivity index (χ2n) is 3.00. The Morgan fingerprint density at radius 2 is 2.31 bits per heavy atom. The van der Waals surface area contributed by atoms with Gasteiger partial charge in [-0.25, -0.2) is 4.79 Å². The standard InChI is InChI=1S/C11H7ClO4/c1-2-9(13)16-11-10(14)7-5-6(12)3-4-8(7)15-11/h2-5,14H,1H2. The van der Waals surface area contributed by atoms with Gasteiger partial charge in [-0.1, -0.05) is 18.2 Å². The van der Waals surface area contributed by atoms with Gasteiger partial charge in [0.1, 0.15) is 5.58 Å². The van der Waals surface area contributed by atoms with Crippen molar-refractivity contribution in [2.24, 2.45) is 0 Å². The predicted molar refractivity (Wildman–Crippen MR) is 58.7 cm³/mol. The summed E-state index contributed by atoms with van der Waals surface area (Å²) in [4.78, 5) is 10.9. The number of carbonyl (C=O) groups is 1. The average molecular weight is 239 g/mol. The van der Waals surface area contributed by atoms with Gasteiger partial charge in [0.2, 0.25) is 5.75 Å². The third kappa shape index (κ3) is 1.75. The van der Waals surface area contributed by atoms with Crippen LogP contribution in [0.5, 0.6) is 11.7 Å². The van der Waals surface area contributed by atoms with Gasteiger partial charge in [0.05, 0.1) is 5.39 Å². The number of fused-ring (bicyclic) bond motifs is 1. The van der Waals surface area contributed by atoms with Gasteiger partial charge in [-0.05, 0) is 18.2 Å². The highest BCUT2D eigenvalue weighted by molar-refractivity contribution is 6.31. The van der Waals surface area contributed by atoms with E-state index in [2.05, 4.69) is 6.58 Å². The molecule has 0 unspecified atom stereocenters. The lowest BCUT2D eigenvalue weighted by molar-refractivity contribution is -0.130. The number of furan rings is 1. The molecule has 0 radical (unpaired) electrons. The number of ether oxygens (including phenoxy) is 1. The molecule has 0 fully saturated rings. The second-order valence-corrected chi connectivity index (χ2v) is 3.44. The molecule has 1 heterocycles. The first-order chi connectivity index (χ1) is 7.61. The summed E-state index contributed by atoms with van der Waals surface area (Å²) < 4.78 is 9.83. The van der Waals surface area contributed by atoms with E-state index in [4.69, 9.17) is 20.8 Å². The highest BCUT2D eigenvalue weighted by Gasteiger charge is 2.16. The molecule has 1 aromatic heterocycles. The third-order valence-corrected chi connectivity index (χ3v) is 2.19. The molecule has 2 aromatic rings. The van der Waals surface area contributed by atoms with Crippen LogP contribution < -0.4 is 4.74 Å². The highest BCUT2D eigenvalue weighted by atomic mass is 35.5. The summed E-state index contributed by atoms with van der Waals surface area (Å²) in [6, 6.07) is 4.69. The lowest BCUT2D eigenvalue weighted by Crippen LogP contribution is -2.01. The molecule has 0 saturated carbocycles. The van der Waals surface area contributed by atoms with E-state index in [0.29, 0.717) is 16.0 Å². The summed E-state index contributed by atoms with van der Waals surface area (Å²) in [5, 5.41) is 10.5. The number of hydrogen-bond acceptors (Lipinski definition) is 4. The molecule has 0 amide bonds. The Morgan fingerprint density at radius 1 is 1.56 bits per heavy atom. The topological polar surface area (TPSA) is 59.7 Å². The minimum atomic E-state index is -0.708. The molecule has 82 valence electrons. The van der Waals surface area contributed by atoms with Crippen molar-refractivity contribution in [3.63, 3.8) is 0 Å². The molecule has 0 aliphatic rings. The lowest BCUT2D eigenvalue weighted by Gasteiger charge is -1.94. The number of rotatable bonds is 2. The van der Waals surface area contributed by atoms with Crippen molar-refractivity contribution in [1.82, 2.24) is 0 Å². The zero-order valence-electron chi connectivity index (χ0n) is 8.07. The first-order valence-corrected chi connectivity index (χ1v) is 4.75. The van der Waals surface area contributed by atoms with Crippen molar-refractivity contribution >= 4 is 28.5 Å². The minimum Gasteiger partial charge on any atom is -0.501 e. The maximum absolute atomic E-state index is 10.9. The zero-order valence-corrected chi connectivity index (χ0v) is 8.82. The number of esters is 1. The van der Waals surface area contributed by atoms with Gasteiger partial charge in [-0.2, -0.15) is 0 Å². The monoisotopic (exact) mass is 238 g/mol. The van der Waals surface area contributed by atoms with E-state index >= 15 is 0 Å². The minimum absolute atomic E-state index is 0.257. The molecule has 0 aliphatic carbocycles. The number of aromatic hydroxyl groups is 1. The molecular formula is C11H7ClO4. The Bertz CT molecular complexity index is 571. The van der Waals surface area contributed by atoms with Crippen LogP contribution in [0, 0.1) is 0 Å². The van der Waals surface area contributed by atoms with Crippen molar-refractivity contribution in [1.29, 1.82) is 0 Å². The van der Waals surface area contributed by atoms with Crippen LogP contribution in [0.4, 0.5) is 0 Å². The van der Waals surface area contributed by atoms with Crippen molar-refractivity contribution in [2.75, 3.05) is 0 Å². The molecule has 1 N–H and O–H groups in total. The van der Waals surface area contributed by atoms with Crippen molar-refractivity contribution < 1.29 is 19.1 Å². The van der Waals surface area contributed by atoms with E-state index in [9.17, 15) is 9.90 Å². The fourth-order valence-electron chi connectivity index (χ4n) is 1.24. The fourth-order valence-corrected chi connectivity index (χ4v) is 1.41. The molecule has 16 heavy (non-hydrogen) atoms. The van der Waals surface area contributed by atoms with Crippen molar-refractivity contribution in [2.45, 2.75) is 0 Å². The second kappa shape index (κ2) is 3.90. The molecule has 5 heteroatoms. The molecule has 1 aromatic carbocycles. The Labute approximate surface area is 95.7 Å². The normalized spacial score (nSPS) is 10.3. The first-order valence-electron chi connectivity index (χ1n) is 4.37. The van der Waals surface area contributed by atoms with Gasteiger partial charge in [0, 0.05) is 11.1 Å². The Kier molecular flexibility index (Phi) is 2.58. The number of carbonyl (C=O) groups excluding carboxylic acids is 1. The highest BCUT2D eigenvalue weighted by Crippen LogP contribution is 2.39. The summed E-state index contributed by atoms with van der Waals surface area (Å²) in [6.45, 7) is 3.24. The maximum Gasteiger partial charge on any atom is 0.338 e. The van der Waals surface area contributed by atoms with Gasteiger partial charge in [-0.3, -0.25) is 0 Å². The molecule has 2 rings (SSSR count). The summed E-state index contributed by atoms with van der Waals surface area (Å²) >= 11 is 5.76. The van der Waals surface area contributed by atoms with Gasteiger partial charge >= 0.3 is 11.9 Å². The molecule has 0 saturated heterocycles. The van der Waals surface area contributed by atoms with E-state index in [1.807, 2.05) is 0 Å². The summed E-state index contributed by atoms with van der Waals surface area (Å²) in [5.74, 6) is -1.23. The maximum atomic E-state index is 10.9. The van der Waals surface area contributed by atoms with Crippen LogP contribution in [0.2, 0.25) is 5.02 Å². The van der Waals surface area contributed by atoms with Gasteiger partial charge in [-0.15, -0.1) is 0 Å². The van der Waals surface area contributed by atoms with E-state index in [-0.39, 0.29) is 11.7 Å². The largest absolute Gasteiger partial charge is 0.501 e. The number of benzene rings is 1. The zero-order chi connectivity index (χ0) is 11.7. The predicted octanol–water partition coefficient (Wildman–Crippen LogP) is 2.88. The van der Waals surface area contributed by atoms with E-state index < -0.39 is 5.97 Å². The van der Waals surface area contributed by atoms with Crippen LogP contribution >= 0.6 is 11.6 Å². The van der Waals surface area contributed by atoms with Gasteiger partial charge < -0.3 is 14.3 Å². The van der Waals surface area contributed by atoms with Crippen LogP contribution in [0.1, 0.15) is 0 Å². The molecule has 0 aliphatic heterocycles. The summed E-state index contributed by atoms with van der Waals surface area (Å²) in [6.07, 6.45) is 0.972. The molecular weight excluding hydrogens is 232 g/mol. The van der Waals surface area contributed by atoms with Crippen LogP contribution in [0.15, 0.2) is 35.3 Å². The van der Waals surface area contributed by atoms with Gasteiger partial charge in [0.15, 0.2) is 0 Å². The number of halogens is 1. The number of hydrogen-bond donors (Lipinski definition) is 1. The van der Waals surface area contributed by atoms with Crippen LogP contribution in [0.3, 0.4) is 0 Å². The Hall–Kier alpha value is -1.94. The van der Waals surface area contributed by atoms with E-state index in [1.54, 1.807) is 12.1 Å². The van der Waals surface area contributed by atoms with E-state index in [1.165, 1.54) is 6.07 Å². The third-order valence-electron chi connectivity index (χ3n) is 1.95. The average Bonchev–Trinajstić information content (AvgIpc) is 2.56. The Balaban J connectivity index is 2.51. The lowest BCUT2D eigenvalue weighted by atomic mass is 10.2. The van der Waals surface area contributed by atoms with E-state index in [0.717, 1.165) is 6.08 Å². The van der Waals surface area contributed by atoms with Crippen molar-refractivity contribution in [3.8, 4) is 11.7 Å². The summed E-state index contributed by atoms with van der Waals surface area (Å²) in [7, 11) is 0. The quantitative estimate of drug-likeness (QED) is 0.646. The van der Waals surface area contributed by atoms with Crippen LogP contribution in [-0.4, -0.2) is 11.1 Å². The molecule has 4 nitrogen and oxygen atoms in total. The SMILES string of the molecule is C=CC(=O)Oc1oc2ccc(Cl)cc2c1O. The molecule has 0 atom stereocenters. The van der Waals surface area contributed by atoms with Crippen LogP contribution in [-0.2, 0) is 4.79 Å². The van der Waals surface area contributed by atoms with Crippen LogP contribution in [0.25, 0.3) is 11.0 Å². The first kappa shape index (κ1) is 10.6. The molecule has 0 bridgehead atoms. The molecule has 0 spiro atoms. The smallest absolute Gasteiger partial charge is 0.338 e.